The lowest BCUT2D eigenvalue weighted by atomic mass is 9.86. The van der Waals surface area contributed by atoms with Gasteiger partial charge in [0.1, 0.15) is 29.5 Å². The van der Waals surface area contributed by atoms with Crippen LogP contribution in [0, 0.1) is 47.4 Å². The average Bonchev–Trinajstić information content (AvgIpc) is 3.91. The zero-order valence-corrected chi connectivity index (χ0v) is 34.6. The first-order chi connectivity index (χ1) is 27.8. The number of carbonyl (C=O) groups is 2. The van der Waals surface area contributed by atoms with Gasteiger partial charge in [0.2, 0.25) is 0 Å². The Morgan fingerprint density at radius 3 is 1.57 bits per heavy atom. The zero-order valence-electron chi connectivity index (χ0n) is 34.6. The zero-order chi connectivity index (χ0) is 41.9. The van der Waals surface area contributed by atoms with Crippen LogP contribution >= 0.6 is 0 Å². The summed E-state index contributed by atoms with van der Waals surface area (Å²) in [5.74, 6) is 13.0. The smallest absolute Gasteiger partial charge is 0.303 e. The molecule has 2 aromatic carbocycles. The highest BCUT2D eigenvalue weighted by Gasteiger charge is 2.50. The molecule has 0 unspecified atom stereocenters. The Balaban J connectivity index is 0.000000221. The molecule has 0 spiro atoms. The van der Waals surface area contributed by atoms with E-state index < -0.39 is 30.4 Å². The molecule has 2 aliphatic heterocycles. The molecule has 58 heavy (non-hydrogen) atoms. The average molecular weight is 795 g/mol. The molecule has 0 amide bonds. The van der Waals surface area contributed by atoms with E-state index in [1.807, 2.05) is 56.3 Å². The van der Waals surface area contributed by atoms with Gasteiger partial charge in [-0.05, 0) is 69.4 Å². The Bertz CT molecular complexity index is 1770. The summed E-state index contributed by atoms with van der Waals surface area (Å²) in [4.78, 5) is 22.0. The van der Waals surface area contributed by atoms with Crippen LogP contribution in [-0.2, 0) is 22.4 Å². The minimum absolute atomic E-state index is 0.0287. The molecule has 5 N–H and O–H groups in total. The second-order valence-electron chi connectivity index (χ2n) is 16.6. The molecule has 12 atom stereocenters. The van der Waals surface area contributed by atoms with Crippen molar-refractivity contribution in [3.63, 3.8) is 0 Å². The molecule has 0 radical (unpaired) electrons. The van der Waals surface area contributed by atoms with Crippen molar-refractivity contribution in [2.45, 2.75) is 147 Å². The molecular weight excluding hydrogens is 733 g/mol. The largest absolute Gasteiger partial charge is 0.489 e. The highest BCUT2D eigenvalue weighted by atomic mass is 16.5. The molecule has 0 aromatic heterocycles. The number of para-hydroxylation sites is 2. The molecule has 312 valence electrons. The van der Waals surface area contributed by atoms with Crippen molar-refractivity contribution in [2.75, 3.05) is 0 Å². The third-order valence-corrected chi connectivity index (χ3v) is 12.2. The molecule has 2 saturated carbocycles. The van der Waals surface area contributed by atoms with Gasteiger partial charge in [0.25, 0.3) is 0 Å². The van der Waals surface area contributed by atoms with Crippen LogP contribution in [0.5, 0.6) is 11.5 Å². The molecule has 0 bridgehead atoms. The van der Waals surface area contributed by atoms with E-state index in [0.717, 1.165) is 46.6 Å². The van der Waals surface area contributed by atoms with Gasteiger partial charge < -0.3 is 39.8 Å². The van der Waals surface area contributed by atoms with Crippen LogP contribution < -0.4 is 9.47 Å². The summed E-state index contributed by atoms with van der Waals surface area (Å²) >= 11 is 0. The normalized spacial score (nSPS) is 26.9. The number of carboxylic acid groups (broad SMARTS) is 1. The summed E-state index contributed by atoms with van der Waals surface area (Å²) in [7, 11) is 0. The van der Waals surface area contributed by atoms with Crippen molar-refractivity contribution in [2.24, 2.45) is 23.7 Å². The lowest BCUT2D eigenvalue weighted by Gasteiger charge is -2.19. The molecule has 9 nitrogen and oxygen atoms in total. The summed E-state index contributed by atoms with van der Waals surface area (Å²) in [5.41, 5.74) is 4.39. The van der Waals surface area contributed by atoms with Gasteiger partial charge in [-0.15, -0.1) is 23.7 Å². The monoisotopic (exact) mass is 794 g/mol. The SMILES string of the molecule is CC#CC[C@H](C)[C@H](O)/C=C/[C@@H]1[C@H]2c3cccc(CCCC(=O)O)c3O[C@H]2C[C@H]1O.CC#CC[C@H](C)[C@H](O)/C=C/[C@@H]1[C@H]2c3cccc(CCCC(C)=O)c3O[C@H]2C[C@H]1O. The predicted octanol–water partition coefficient (Wildman–Crippen LogP) is 7.08. The highest BCUT2D eigenvalue weighted by Crippen LogP contribution is 2.53. The van der Waals surface area contributed by atoms with Crippen molar-refractivity contribution >= 4 is 11.8 Å². The van der Waals surface area contributed by atoms with E-state index in [1.54, 1.807) is 26.8 Å². The minimum atomic E-state index is -0.790. The number of Topliss-reactive ketones (excluding diaryl/α,β-unsaturated/α-hetero) is 1. The van der Waals surface area contributed by atoms with E-state index in [2.05, 4.69) is 35.8 Å². The standard InChI is InChI=1S/C25H32O4.C24H30O5/c1-4-5-8-16(2)21(27)14-13-19-22(28)15-23-24(19)20-12-7-11-18(25(20)29-23)10-6-9-17(3)26;1-3-4-7-15(2)19(25)13-12-17-20(26)14-21-23(17)18-10-5-8-16(24(18)29-21)9-6-11-22(27)28/h7,11-14,16,19,21-24,27-28H,6,8-10,15H2,1-3H3;5,8,10,12-13,15,17,19-21,23,25-26H,6-7,9,11,14H2,1-2H3,(H,27,28)/b14-13+;13-12+/t16-,19-,21+,22+,23-,24-;15-,17-,19+,20+,21-,23-/m00/s1. The highest BCUT2D eigenvalue weighted by molar-refractivity contribution is 5.75. The fourth-order valence-electron chi connectivity index (χ4n) is 8.92. The van der Waals surface area contributed by atoms with E-state index in [0.29, 0.717) is 44.9 Å². The van der Waals surface area contributed by atoms with Gasteiger partial charge in [-0.2, -0.15) is 0 Å². The van der Waals surface area contributed by atoms with E-state index in [4.69, 9.17) is 14.6 Å². The van der Waals surface area contributed by atoms with Gasteiger partial charge in [0.15, 0.2) is 0 Å². The summed E-state index contributed by atoms with van der Waals surface area (Å²) in [6.07, 6.45) is 11.2. The summed E-state index contributed by atoms with van der Waals surface area (Å²) < 4.78 is 12.5. The number of hydrogen-bond donors (Lipinski definition) is 5. The maximum Gasteiger partial charge on any atom is 0.303 e. The number of hydrogen-bond acceptors (Lipinski definition) is 8. The number of benzene rings is 2. The number of aliphatic hydroxyl groups is 4. The molecular formula is C49H62O9. The molecule has 2 heterocycles. The van der Waals surface area contributed by atoms with Crippen LogP contribution in [0.25, 0.3) is 0 Å². The fourth-order valence-corrected chi connectivity index (χ4v) is 8.92. The number of rotatable bonds is 16. The fraction of sp³-hybridized carbons (Fsp3) is 0.551. The Kier molecular flexibility index (Phi) is 16.2. The first-order valence-corrected chi connectivity index (χ1v) is 21.0. The Labute approximate surface area is 344 Å². The summed E-state index contributed by atoms with van der Waals surface area (Å²) in [6, 6.07) is 12.2. The first-order valence-electron chi connectivity index (χ1n) is 21.0. The maximum atomic E-state index is 11.2. The van der Waals surface area contributed by atoms with Crippen molar-refractivity contribution in [3.8, 4) is 35.2 Å². The number of carbonyl (C=O) groups excluding carboxylic acids is 1. The van der Waals surface area contributed by atoms with Crippen LogP contribution in [0.15, 0.2) is 60.7 Å². The molecule has 6 rings (SSSR count). The molecule has 2 aliphatic carbocycles. The third kappa shape index (κ3) is 11.0. The first kappa shape index (κ1) is 44.7. The van der Waals surface area contributed by atoms with E-state index in [-0.39, 0.29) is 59.9 Å². The van der Waals surface area contributed by atoms with Crippen LogP contribution in [0.3, 0.4) is 0 Å². The van der Waals surface area contributed by atoms with E-state index in [9.17, 15) is 30.0 Å². The summed E-state index contributed by atoms with van der Waals surface area (Å²) in [5, 5.41) is 50.9. The second-order valence-corrected chi connectivity index (χ2v) is 16.6. The number of fused-ring (bicyclic) bond motifs is 6. The number of ether oxygens (including phenoxy) is 2. The van der Waals surface area contributed by atoms with Gasteiger partial charge in [0.05, 0.1) is 24.4 Å². The maximum absolute atomic E-state index is 11.2. The molecule has 4 aliphatic rings. The van der Waals surface area contributed by atoms with Gasteiger partial charge in [-0.3, -0.25) is 4.79 Å². The minimum Gasteiger partial charge on any atom is -0.489 e. The van der Waals surface area contributed by atoms with Crippen molar-refractivity contribution in [3.05, 3.63) is 83.0 Å². The van der Waals surface area contributed by atoms with Crippen molar-refractivity contribution in [1.29, 1.82) is 0 Å². The Hall–Kier alpha value is -4.38. The number of ketones is 1. The number of aliphatic carboxylic acids is 1. The van der Waals surface area contributed by atoms with E-state index in [1.165, 1.54) is 0 Å². The van der Waals surface area contributed by atoms with Crippen LogP contribution in [0.1, 0.15) is 120 Å². The third-order valence-electron chi connectivity index (χ3n) is 12.2. The summed E-state index contributed by atoms with van der Waals surface area (Å²) in [6.45, 7) is 9.16. The molecule has 0 saturated heterocycles. The second kappa shape index (κ2) is 21.0. The molecule has 9 heteroatoms. The lowest BCUT2D eigenvalue weighted by Crippen LogP contribution is -2.19. The van der Waals surface area contributed by atoms with Crippen LogP contribution in [0.4, 0.5) is 0 Å². The van der Waals surface area contributed by atoms with Crippen LogP contribution in [-0.4, -0.2) is 73.9 Å². The molecule has 2 aromatic rings. The number of aryl methyl sites for hydroxylation is 2. The lowest BCUT2D eigenvalue weighted by molar-refractivity contribution is -0.137. The number of aliphatic hydroxyl groups excluding tert-OH is 4. The molecule has 2 fully saturated rings. The predicted molar refractivity (Wildman–Crippen MR) is 224 cm³/mol. The van der Waals surface area contributed by atoms with Gasteiger partial charge in [0, 0.05) is 73.3 Å². The topological polar surface area (TPSA) is 154 Å². The Morgan fingerprint density at radius 1 is 0.741 bits per heavy atom. The van der Waals surface area contributed by atoms with Gasteiger partial charge >= 0.3 is 5.97 Å². The number of carboxylic acids is 1. The van der Waals surface area contributed by atoms with Crippen molar-refractivity contribution < 1.29 is 44.6 Å². The Morgan fingerprint density at radius 2 is 1.17 bits per heavy atom. The quantitative estimate of drug-likeness (QED) is 0.0887. The van der Waals surface area contributed by atoms with Crippen molar-refractivity contribution in [1.82, 2.24) is 0 Å². The van der Waals surface area contributed by atoms with E-state index >= 15 is 0 Å². The van der Waals surface area contributed by atoms with Gasteiger partial charge in [-0.1, -0.05) is 74.5 Å². The van der Waals surface area contributed by atoms with Crippen LogP contribution in [0.2, 0.25) is 0 Å². The van der Waals surface area contributed by atoms with Gasteiger partial charge in [-0.25, -0.2) is 0 Å².